The number of nitro benzene ring substituents is 1. The molecule has 0 bridgehead atoms. The summed E-state index contributed by atoms with van der Waals surface area (Å²) in [7, 11) is -7.71. The van der Waals surface area contributed by atoms with E-state index in [1.54, 1.807) is 24.4 Å². The number of carbonyl (C=O) groups is 1. The van der Waals surface area contributed by atoms with E-state index < -0.39 is 34.3 Å². The summed E-state index contributed by atoms with van der Waals surface area (Å²) in [4.78, 5) is 24.8. The van der Waals surface area contributed by atoms with Crippen LogP contribution in [0.3, 0.4) is 0 Å². The summed E-state index contributed by atoms with van der Waals surface area (Å²) in [6.45, 7) is 2.42. The highest BCUT2D eigenvalue weighted by Crippen LogP contribution is 2.49. The van der Waals surface area contributed by atoms with E-state index in [1.807, 2.05) is 12.2 Å². The number of allylic oxidation sites excluding steroid dienone is 2. The lowest BCUT2D eigenvalue weighted by Gasteiger charge is -2.53. The van der Waals surface area contributed by atoms with Gasteiger partial charge in [-0.05, 0) is 36.1 Å². The van der Waals surface area contributed by atoms with Gasteiger partial charge >= 0.3 is 6.09 Å². The van der Waals surface area contributed by atoms with Gasteiger partial charge in [0.2, 0.25) is 10.0 Å². The second-order valence-electron chi connectivity index (χ2n) is 12.0. The maximum atomic E-state index is 14.2. The van der Waals surface area contributed by atoms with Gasteiger partial charge in [-0.15, -0.1) is 11.3 Å². The quantitative estimate of drug-likeness (QED) is 0.151. The maximum Gasteiger partial charge on any atom is 0.522 e. The highest BCUT2D eigenvalue weighted by Gasteiger charge is 2.60. The second kappa shape index (κ2) is 12.5. The Hall–Kier alpha value is -1.99. The zero-order chi connectivity index (χ0) is 33.1. The van der Waals surface area contributed by atoms with Gasteiger partial charge in [0.05, 0.1) is 9.82 Å². The predicted molar refractivity (Wildman–Crippen MR) is 179 cm³/mol. The van der Waals surface area contributed by atoms with Crippen molar-refractivity contribution in [2.45, 2.75) is 63.4 Å². The number of rotatable bonds is 7. The molecule has 46 heavy (non-hydrogen) atoms. The molecule has 1 amide bonds. The number of amides is 1. The van der Waals surface area contributed by atoms with Crippen LogP contribution in [0.5, 0.6) is 0 Å². The topological polar surface area (TPSA) is 144 Å². The van der Waals surface area contributed by atoms with E-state index in [0.29, 0.717) is 37.7 Å². The summed E-state index contributed by atoms with van der Waals surface area (Å²) in [6, 6.07) is 6.50. The highest BCUT2D eigenvalue weighted by atomic mass is 79.9. The molecule has 4 aliphatic rings. The van der Waals surface area contributed by atoms with Crippen LogP contribution in [0.25, 0.3) is 0 Å². The molecule has 1 atom stereocenters. The zero-order valence-corrected chi connectivity index (χ0v) is 30.5. The fraction of sp³-hybridized carbons (Fsp3) is 0.483. The largest absolute Gasteiger partial charge is 0.522 e. The molecule has 3 fully saturated rings. The number of thiophene rings is 1. The molecule has 0 radical (unpaired) electrons. The lowest BCUT2D eigenvalue weighted by atomic mass is 9.88. The number of cyclic esters (lactones) is 1. The number of ether oxygens (including phenoxy) is 1. The number of nitrogens with zero attached hydrogens (tertiary/aromatic N) is 4. The molecule has 0 saturated carbocycles. The van der Waals surface area contributed by atoms with Crippen molar-refractivity contribution < 1.29 is 35.8 Å². The molecule has 1 aromatic carbocycles. The minimum Gasteiger partial charge on any atom is -0.415 e. The van der Waals surface area contributed by atoms with Gasteiger partial charge in [0.1, 0.15) is 31.8 Å². The average molecular weight is 822 g/mol. The van der Waals surface area contributed by atoms with Gasteiger partial charge in [0.15, 0.2) is 0 Å². The van der Waals surface area contributed by atoms with Crippen LogP contribution in [-0.2, 0) is 24.8 Å². The summed E-state index contributed by atoms with van der Waals surface area (Å²) in [5, 5.41) is 13.1. The van der Waals surface area contributed by atoms with Gasteiger partial charge in [-0.2, -0.15) is 17.9 Å². The van der Waals surface area contributed by atoms with Crippen molar-refractivity contribution in [2.75, 3.05) is 32.8 Å². The molecule has 0 N–H and O–H groups in total. The van der Waals surface area contributed by atoms with E-state index in [2.05, 4.69) is 31.9 Å². The van der Waals surface area contributed by atoms with Crippen LogP contribution in [0.2, 0.25) is 0 Å². The molecule has 1 aliphatic carbocycles. The molecule has 1 unspecified atom stereocenters. The van der Waals surface area contributed by atoms with Crippen molar-refractivity contribution in [3.8, 4) is 0 Å². The van der Waals surface area contributed by atoms with Crippen molar-refractivity contribution in [2.24, 2.45) is 0 Å². The summed E-state index contributed by atoms with van der Waals surface area (Å²) in [5.74, 6) is 0. The van der Waals surface area contributed by atoms with Crippen LogP contribution < -0.4 is 0 Å². The molecule has 4 heterocycles. The first-order valence-electron chi connectivity index (χ1n) is 14.8. The number of carbonyl (C=O) groups excluding carboxylic acids is 1. The van der Waals surface area contributed by atoms with Crippen LogP contribution in [-0.4, -0.2) is 89.0 Å². The van der Waals surface area contributed by atoms with E-state index in [0.717, 1.165) is 17.3 Å². The van der Waals surface area contributed by atoms with E-state index in [4.69, 9.17) is 4.74 Å². The summed E-state index contributed by atoms with van der Waals surface area (Å²) >= 11 is 8.53. The highest BCUT2D eigenvalue weighted by molar-refractivity contribution is 9.25. The standard InChI is InChI=1S/C29H33Br2N4O8S3/c1-20-4-5-22(34(37)38)17-26(20)45(39,40)32-12-7-23(8-13-32)35(25-6-11-29(30,31)18-21(25)19-43-28(35)36)24-9-14-33(15-10-24)46(41,42)27-3-2-16-44-27/h2-6,16-18,23-24H,7-15,19H2,1H3/q+1. The number of halogens is 2. The van der Waals surface area contributed by atoms with Crippen LogP contribution in [0, 0.1) is 17.0 Å². The van der Waals surface area contributed by atoms with Gasteiger partial charge in [-0.1, -0.05) is 44.0 Å². The van der Waals surface area contributed by atoms with Gasteiger partial charge < -0.3 is 4.74 Å². The van der Waals surface area contributed by atoms with Crippen LogP contribution in [0.1, 0.15) is 37.7 Å². The molecule has 1 aromatic heterocycles. The van der Waals surface area contributed by atoms with Gasteiger partial charge in [-0.3, -0.25) is 10.1 Å². The van der Waals surface area contributed by atoms with Gasteiger partial charge in [-0.25, -0.2) is 16.8 Å². The third-order valence-electron chi connectivity index (χ3n) is 9.42. The molecule has 3 saturated heterocycles. The first-order valence-corrected chi connectivity index (χ1v) is 20.2. The summed E-state index contributed by atoms with van der Waals surface area (Å²) in [5.41, 5.74) is 1.80. The number of sulfonamides is 2. The SMILES string of the molecule is Cc1ccc([N+](=O)[O-])cc1S(=O)(=O)N1CCC([N+]2(C3CCN(S(=O)(=O)c4cccs4)CC3)C(=O)OCC3=CC(Br)(Br)CC=C32)CC1. The third kappa shape index (κ3) is 5.84. The minimum atomic E-state index is -4.05. The fourth-order valence-electron chi connectivity index (χ4n) is 7.23. The van der Waals surface area contributed by atoms with Crippen molar-refractivity contribution in [3.63, 3.8) is 0 Å². The number of nitro groups is 1. The van der Waals surface area contributed by atoms with E-state index in [1.165, 1.54) is 32.1 Å². The molecule has 248 valence electrons. The lowest BCUT2D eigenvalue weighted by molar-refractivity contribution is -0.875. The number of alkyl halides is 2. The van der Waals surface area contributed by atoms with E-state index in [9.17, 15) is 31.7 Å². The average Bonchev–Trinajstić information content (AvgIpc) is 3.58. The van der Waals surface area contributed by atoms with E-state index in [-0.39, 0.29) is 64.1 Å². The second-order valence-corrected chi connectivity index (χ2v) is 20.9. The Balaban J connectivity index is 1.31. The number of non-ortho nitro benzene ring substituents is 1. The number of hydrogen-bond acceptors (Lipinski definition) is 9. The van der Waals surface area contributed by atoms with Crippen LogP contribution in [0.4, 0.5) is 10.5 Å². The molecule has 3 aliphatic heterocycles. The molecule has 2 aromatic rings. The van der Waals surface area contributed by atoms with Gasteiger partial charge in [0.25, 0.3) is 15.7 Å². The third-order valence-corrected chi connectivity index (χ3v) is 15.8. The number of aryl methyl sites for hydroxylation is 1. The Bertz CT molecular complexity index is 1830. The lowest BCUT2D eigenvalue weighted by Crippen LogP contribution is -2.69. The summed E-state index contributed by atoms with van der Waals surface area (Å²) in [6.07, 6.45) is 5.72. The zero-order valence-electron chi connectivity index (χ0n) is 24.9. The number of piperidine rings is 2. The number of fused-ring (bicyclic) bond motifs is 1. The minimum absolute atomic E-state index is 0.105. The Kier molecular flexibility index (Phi) is 9.19. The normalized spacial score (nSPS) is 25.3. The molecule has 6 rings (SSSR count). The number of benzene rings is 1. The Morgan fingerprint density at radius 1 is 1.00 bits per heavy atom. The van der Waals surface area contributed by atoms with Crippen molar-refractivity contribution in [1.82, 2.24) is 8.61 Å². The number of quaternary nitrogens is 1. The molecular formula is C29H33Br2N4O8S3+. The Morgan fingerprint density at radius 3 is 2.17 bits per heavy atom. The van der Waals surface area contributed by atoms with Crippen molar-refractivity contribution in [1.29, 1.82) is 0 Å². The molecule has 0 spiro atoms. The Labute approximate surface area is 288 Å². The molecule has 17 heteroatoms. The number of hydrogen-bond donors (Lipinski definition) is 0. The van der Waals surface area contributed by atoms with E-state index >= 15 is 0 Å². The molecular weight excluding hydrogens is 788 g/mol. The first-order chi connectivity index (χ1) is 21.7. The first kappa shape index (κ1) is 33.9. The monoisotopic (exact) mass is 819 g/mol. The van der Waals surface area contributed by atoms with Crippen molar-refractivity contribution in [3.05, 3.63) is 74.8 Å². The predicted octanol–water partition coefficient (Wildman–Crippen LogP) is 5.64. The molecule has 12 nitrogen and oxygen atoms in total. The van der Waals surface area contributed by atoms with Crippen LogP contribution >= 0.6 is 43.2 Å². The smallest absolute Gasteiger partial charge is 0.415 e. The van der Waals surface area contributed by atoms with Crippen LogP contribution in [0.15, 0.2) is 68.2 Å². The van der Waals surface area contributed by atoms with Crippen molar-refractivity contribution >= 4 is 75.0 Å². The summed E-state index contributed by atoms with van der Waals surface area (Å²) < 4.78 is 62.5. The Morgan fingerprint density at radius 2 is 1.61 bits per heavy atom. The van der Waals surface area contributed by atoms with Gasteiger partial charge in [0, 0.05) is 76.0 Å². The maximum absolute atomic E-state index is 14.2. The fourth-order valence-corrected chi connectivity index (χ4v) is 12.4.